The maximum absolute atomic E-state index is 12.7. The number of fused-ring (bicyclic) bond motifs is 3. The molecule has 2 aromatic carbocycles. The first-order valence-corrected chi connectivity index (χ1v) is 8.42. The Morgan fingerprint density at radius 1 is 1.16 bits per heavy atom. The van der Waals surface area contributed by atoms with Crippen molar-refractivity contribution in [2.45, 2.75) is 30.5 Å². The van der Waals surface area contributed by atoms with Crippen LogP contribution in [0.25, 0.3) is 11.1 Å². The van der Waals surface area contributed by atoms with Crippen LogP contribution >= 0.6 is 28.7 Å². The number of hydrogen-bond acceptors (Lipinski definition) is 3. The van der Waals surface area contributed by atoms with E-state index in [0.717, 1.165) is 33.9 Å². The summed E-state index contributed by atoms with van der Waals surface area (Å²) in [6, 6.07) is 10.7. The van der Waals surface area contributed by atoms with E-state index >= 15 is 0 Å². The number of rotatable bonds is 1. The molecule has 0 fully saturated rings. The maximum atomic E-state index is 12.7. The van der Waals surface area contributed by atoms with Gasteiger partial charge in [0.25, 0.3) is 0 Å². The van der Waals surface area contributed by atoms with E-state index in [1.54, 1.807) is 11.8 Å². The zero-order valence-electron chi connectivity index (χ0n) is 13.2. The molecule has 2 atom stereocenters. The summed E-state index contributed by atoms with van der Waals surface area (Å²) in [5, 5.41) is 11.7. The van der Waals surface area contributed by atoms with Crippen LogP contribution in [0, 0.1) is 0 Å². The molecule has 0 amide bonds. The van der Waals surface area contributed by atoms with Crippen molar-refractivity contribution >= 4 is 33.8 Å². The van der Waals surface area contributed by atoms with Crippen molar-refractivity contribution in [3.63, 3.8) is 0 Å². The van der Waals surface area contributed by atoms with E-state index in [0.29, 0.717) is 12.0 Å². The minimum absolute atomic E-state index is 0. The lowest BCUT2D eigenvalue weighted by molar-refractivity contribution is -0.137. The number of halogens is 4. The molecular weight excluding hydrogens is 415 g/mol. The molecule has 1 aliphatic heterocycles. The van der Waals surface area contributed by atoms with Crippen LogP contribution in [-0.2, 0) is 18.3 Å². The van der Waals surface area contributed by atoms with Gasteiger partial charge in [-0.3, -0.25) is 0 Å². The van der Waals surface area contributed by atoms with Crippen LogP contribution in [0.5, 0.6) is 0 Å². The Kier molecular flexibility index (Phi) is 4.54. The average molecular weight is 430 g/mol. The molecule has 1 N–H and O–H groups in total. The van der Waals surface area contributed by atoms with E-state index in [4.69, 9.17) is 0 Å². The number of thioether (sulfide) groups is 1. The van der Waals surface area contributed by atoms with Gasteiger partial charge in [0, 0.05) is 5.56 Å². The van der Waals surface area contributed by atoms with Gasteiger partial charge < -0.3 is 5.11 Å². The van der Waals surface area contributed by atoms with Gasteiger partial charge in [0.2, 0.25) is 0 Å². The highest BCUT2D eigenvalue weighted by atomic mass is 79.9. The van der Waals surface area contributed by atoms with Gasteiger partial charge in [-0.25, -0.2) is 4.99 Å². The van der Waals surface area contributed by atoms with E-state index in [9.17, 15) is 18.3 Å². The summed E-state index contributed by atoms with van der Waals surface area (Å²) in [6.45, 7) is 1.88. The zero-order chi connectivity index (χ0) is 17.1. The summed E-state index contributed by atoms with van der Waals surface area (Å²) >= 11 is 1.55. The van der Waals surface area contributed by atoms with Crippen molar-refractivity contribution in [2.24, 2.45) is 4.99 Å². The van der Waals surface area contributed by atoms with Crippen molar-refractivity contribution in [1.82, 2.24) is 0 Å². The normalized spacial score (nSPS) is 24.4. The van der Waals surface area contributed by atoms with Gasteiger partial charge >= 0.3 is 6.18 Å². The minimum atomic E-state index is -4.34. The highest BCUT2D eigenvalue weighted by Crippen LogP contribution is 2.51. The van der Waals surface area contributed by atoms with Crippen LogP contribution in [0.2, 0.25) is 0 Å². The average Bonchev–Trinajstić information content (AvgIpc) is 2.95. The molecule has 4 rings (SSSR count). The summed E-state index contributed by atoms with van der Waals surface area (Å²) in [5.41, 5.74) is 1.42. The smallest absolute Gasteiger partial charge is 0.365 e. The standard InChI is InChI=1S/C18H14F3NOS.BrH/c1-10-22-17(23)15-4-2-3-13(14(15)9-16(17)24-10)11-5-7-12(8-6-11)18(19,20)21;/h2-8,16,23H,9H2,1H3;1H. The fourth-order valence-corrected chi connectivity index (χ4v) is 4.69. The number of nitrogens with zero attached hydrogens (tertiary/aromatic N) is 1. The van der Waals surface area contributed by atoms with Crippen LogP contribution in [0.1, 0.15) is 23.6 Å². The number of aliphatic imine (C=N–C) groups is 1. The molecule has 0 radical (unpaired) electrons. The molecule has 2 nitrogen and oxygen atoms in total. The Morgan fingerprint density at radius 3 is 2.48 bits per heavy atom. The molecule has 132 valence electrons. The molecule has 2 aromatic rings. The van der Waals surface area contributed by atoms with Crippen LogP contribution < -0.4 is 0 Å². The van der Waals surface area contributed by atoms with Gasteiger partial charge in [-0.2, -0.15) is 13.2 Å². The van der Waals surface area contributed by atoms with E-state index in [1.807, 2.05) is 25.1 Å². The minimum Gasteiger partial charge on any atom is -0.365 e. The van der Waals surface area contributed by atoms with Crippen molar-refractivity contribution in [1.29, 1.82) is 0 Å². The van der Waals surface area contributed by atoms with Crippen LogP contribution in [0.3, 0.4) is 0 Å². The molecule has 0 saturated carbocycles. The van der Waals surface area contributed by atoms with Gasteiger partial charge in [-0.05, 0) is 42.2 Å². The Labute approximate surface area is 157 Å². The predicted octanol–water partition coefficient (Wildman–Crippen LogP) is 5.19. The third kappa shape index (κ3) is 2.92. The monoisotopic (exact) mass is 429 g/mol. The second-order valence-corrected chi connectivity index (χ2v) is 7.47. The Balaban J connectivity index is 0.00000182. The number of alkyl halides is 3. The summed E-state index contributed by atoms with van der Waals surface area (Å²) in [4.78, 5) is 4.39. The molecule has 0 aromatic heterocycles. The van der Waals surface area contributed by atoms with Gasteiger partial charge in [-0.15, -0.1) is 28.7 Å². The van der Waals surface area contributed by atoms with Crippen molar-refractivity contribution < 1.29 is 18.3 Å². The van der Waals surface area contributed by atoms with Gasteiger partial charge in [-0.1, -0.05) is 30.3 Å². The lowest BCUT2D eigenvalue weighted by Gasteiger charge is -2.20. The quantitative estimate of drug-likeness (QED) is 0.676. The Hall–Kier alpha value is -1.31. The van der Waals surface area contributed by atoms with E-state index < -0.39 is 17.5 Å². The fraction of sp³-hybridized carbons (Fsp3) is 0.278. The molecule has 1 heterocycles. The fourth-order valence-electron chi connectivity index (χ4n) is 3.49. The molecule has 1 aliphatic carbocycles. The molecule has 25 heavy (non-hydrogen) atoms. The topological polar surface area (TPSA) is 32.6 Å². The van der Waals surface area contributed by atoms with E-state index in [-0.39, 0.29) is 22.2 Å². The molecule has 2 unspecified atom stereocenters. The van der Waals surface area contributed by atoms with Gasteiger partial charge in [0.05, 0.1) is 15.9 Å². The van der Waals surface area contributed by atoms with Gasteiger partial charge in [0.15, 0.2) is 5.72 Å². The van der Waals surface area contributed by atoms with Crippen molar-refractivity contribution in [3.05, 3.63) is 59.2 Å². The molecule has 0 spiro atoms. The van der Waals surface area contributed by atoms with Crippen LogP contribution in [-0.4, -0.2) is 15.4 Å². The molecule has 2 aliphatic rings. The van der Waals surface area contributed by atoms with Gasteiger partial charge in [0.1, 0.15) is 0 Å². The first-order chi connectivity index (χ1) is 11.3. The summed E-state index contributed by atoms with van der Waals surface area (Å²) in [6.07, 6.45) is -3.69. The molecule has 7 heteroatoms. The summed E-state index contributed by atoms with van der Waals surface area (Å²) in [7, 11) is 0. The SMILES string of the molecule is Br.CC1=NC2(O)c3cccc(-c4ccc(C(F)(F)F)cc4)c3CC2S1. The highest BCUT2D eigenvalue weighted by Gasteiger charge is 2.50. The second-order valence-electron chi connectivity index (χ2n) is 6.07. The number of hydrogen-bond donors (Lipinski definition) is 1. The molecular formula is C18H15BrF3NOS. The summed E-state index contributed by atoms with van der Waals surface area (Å²) < 4.78 is 38.2. The van der Waals surface area contributed by atoms with E-state index in [2.05, 4.69) is 4.99 Å². The molecule has 0 bridgehead atoms. The first-order valence-electron chi connectivity index (χ1n) is 7.54. The summed E-state index contributed by atoms with van der Waals surface area (Å²) in [5.74, 6) is 0. The van der Waals surface area contributed by atoms with Crippen LogP contribution in [0.4, 0.5) is 13.2 Å². The van der Waals surface area contributed by atoms with E-state index in [1.165, 1.54) is 12.1 Å². The lowest BCUT2D eigenvalue weighted by Crippen LogP contribution is -2.27. The lowest BCUT2D eigenvalue weighted by atomic mass is 9.95. The Morgan fingerprint density at radius 2 is 1.84 bits per heavy atom. The third-order valence-corrected chi connectivity index (χ3v) is 5.79. The third-order valence-electron chi connectivity index (χ3n) is 4.57. The number of aliphatic hydroxyl groups is 1. The van der Waals surface area contributed by atoms with Crippen LogP contribution in [0.15, 0.2) is 47.5 Å². The highest BCUT2D eigenvalue weighted by molar-refractivity contribution is 8.93. The molecule has 0 saturated heterocycles. The second kappa shape index (κ2) is 6.14. The predicted molar refractivity (Wildman–Crippen MR) is 99.3 cm³/mol. The largest absolute Gasteiger partial charge is 0.416 e. The Bertz CT molecular complexity index is 850. The first kappa shape index (κ1) is 18.5. The van der Waals surface area contributed by atoms with Crippen molar-refractivity contribution in [3.8, 4) is 11.1 Å². The number of benzene rings is 2. The zero-order valence-corrected chi connectivity index (χ0v) is 15.7. The van der Waals surface area contributed by atoms with Crippen molar-refractivity contribution in [2.75, 3.05) is 0 Å². The maximum Gasteiger partial charge on any atom is 0.416 e.